The van der Waals surface area contributed by atoms with E-state index < -0.39 is 23.2 Å². The monoisotopic (exact) mass is 389 g/mol. The minimum absolute atomic E-state index is 0.160. The van der Waals surface area contributed by atoms with Crippen molar-refractivity contribution < 1.29 is 23.9 Å². The minimum Gasteiger partial charge on any atom is -0.494 e. The van der Waals surface area contributed by atoms with Crippen molar-refractivity contribution in [3.05, 3.63) is 32.6 Å². The van der Waals surface area contributed by atoms with Crippen LogP contribution < -0.4 is 4.74 Å². The highest BCUT2D eigenvalue weighted by Crippen LogP contribution is 2.37. The molecule has 1 fully saturated rings. The van der Waals surface area contributed by atoms with E-state index >= 15 is 0 Å². The molecule has 0 N–H and O–H groups in total. The molecule has 1 aromatic rings. The molecule has 1 heterocycles. The van der Waals surface area contributed by atoms with Crippen LogP contribution in [0.3, 0.4) is 0 Å². The molecule has 0 radical (unpaired) electrons. The molecule has 1 atom stereocenters. The smallest absolute Gasteiger partial charge is 0.328 e. The van der Waals surface area contributed by atoms with Gasteiger partial charge >= 0.3 is 5.97 Å². The van der Waals surface area contributed by atoms with Gasteiger partial charge in [-0.2, -0.15) is 0 Å². The lowest BCUT2D eigenvalue weighted by Gasteiger charge is -2.18. The second-order valence-electron chi connectivity index (χ2n) is 4.77. The van der Waals surface area contributed by atoms with Crippen molar-refractivity contribution in [1.82, 2.24) is 4.90 Å². The topological polar surface area (TPSA) is 72.9 Å². The summed E-state index contributed by atoms with van der Waals surface area (Å²) in [6, 6.07) is 2.12. The second kappa shape index (κ2) is 7.46. The first-order valence-electron chi connectivity index (χ1n) is 6.68. The van der Waals surface area contributed by atoms with Crippen LogP contribution in [0.25, 0.3) is 6.08 Å². The zero-order valence-electron chi connectivity index (χ0n) is 13.0. The number of methoxy groups -OCH3 is 2. The third-order valence-electron chi connectivity index (χ3n) is 3.28. The van der Waals surface area contributed by atoms with E-state index in [0.29, 0.717) is 11.3 Å². The summed E-state index contributed by atoms with van der Waals surface area (Å²) in [5.41, 5.74) is 0.530. The predicted molar refractivity (Wildman–Crippen MR) is 92.3 cm³/mol. The highest BCUT2D eigenvalue weighted by atomic mass is 35.5. The number of esters is 1. The highest BCUT2D eigenvalue weighted by Gasteiger charge is 2.41. The van der Waals surface area contributed by atoms with Gasteiger partial charge in [-0.05, 0) is 42.5 Å². The minimum atomic E-state index is -1.00. The van der Waals surface area contributed by atoms with Crippen molar-refractivity contribution in [1.29, 1.82) is 0 Å². The highest BCUT2D eigenvalue weighted by molar-refractivity contribution is 8.18. The summed E-state index contributed by atoms with van der Waals surface area (Å²) in [7, 11) is 2.63. The Hall–Kier alpha value is -1.70. The van der Waals surface area contributed by atoms with Gasteiger partial charge < -0.3 is 9.47 Å². The normalized spacial score (nSPS) is 17.4. The number of amides is 2. The molecule has 2 amide bonds. The molecule has 0 aliphatic carbocycles. The Kier molecular flexibility index (Phi) is 5.79. The number of hydrogen-bond donors (Lipinski definition) is 0. The number of carbonyl (C=O) groups is 3. The third kappa shape index (κ3) is 3.53. The van der Waals surface area contributed by atoms with E-state index in [2.05, 4.69) is 4.74 Å². The Labute approximate surface area is 152 Å². The quantitative estimate of drug-likeness (QED) is 0.578. The zero-order chi connectivity index (χ0) is 18.0. The first kappa shape index (κ1) is 18.6. The fourth-order valence-corrected chi connectivity index (χ4v) is 3.67. The average Bonchev–Trinajstić information content (AvgIpc) is 2.79. The number of nitrogens with zero attached hydrogens (tertiary/aromatic N) is 1. The molecule has 9 heteroatoms. The SMILES string of the molecule is COC(=O)[C@@H](C)N1C(=O)S/C(=C/c2cc(Cl)c(OC)c(Cl)c2)C1=O. The first-order chi connectivity index (χ1) is 11.3. The summed E-state index contributed by atoms with van der Waals surface area (Å²) < 4.78 is 9.62. The number of halogens is 2. The Morgan fingerprint density at radius 3 is 2.33 bits per heavy atom. The molecule has 0 bridgehead atoms. The van der Waals surface area contributed by atoms with Gasteiger partial charge in [0.05, 0.1) is 29.2 Å². The van der Waals surface area contributed by atoms with Crippen molar-refractivity contribution >= 4 is 58.2 Å². The third-order valence-corrected chi connectivity index (χ3v) is 4.72. The van der Waals surface area contributed by atoms with Crippen LogP contribution in [0.5, 0.6) is 5.75 Å². The molecule has 128 valence electrons. The van der Waals surface area contributed by atoms with Gasteiger partial charge in [0.1, 0.15) is 6.04 Å². The summed E-state index contributed by atoms with van der Waals surface area (Å²) >= 11 is 12.8. The van der Waals surface area contributed by atoms with Gasteiger partial charge in [0.2, 0.25) is 0 Å². The van der Waals surface area contributed by atoms with Crippen molar-refractivity contribution in [3.8, 4) is 5.75 Å². The second-order valence-corrected chi connectivity index (χ2v) is 6.58. The van der Waals surface area contributed by atoms with Crippen molar-refractivity contribution in [2.75, 3.05) is 14.2 Å². The molecule has 1 aromatic carbocycles. The van der Waals surface area contributed by atoms with E-state index in [-0.39, 0.29) is 15.0 Å². The molecule has 6 nitrogen and oxygen atoms in total. The Bertz CT molecular complexity index is 726. The number of benzene rings is 1. The van der Waals surface area contributed by atoms with Gasteiger partial charge in [-0.15, -0.1) is 0 Å². The molecule has 1 aliphatic rings. The van der Waals surface area contributed by atoms with E-state index in [1.54, 1.807) is 12.1 Å². The number of carbonyl (C=O) groups excluding carboxylic acids is 3. The standard InChI is InChI=1S/C15H13Cl2NO5S/c1-7(14(20)23-3)18-13(19)11(24-15(18)21)6-8-4-9(16)12(22-2)10(17)5-8/h4-7H,1-3H3/b11-6+/t7-/m1/s1. The van der Waals surface area contributed by atoms with Crippen LogP contribution in [0.2, 0.25) is 10.0 Å². The van der Waals surface area contributed by atoms with Crippen LogP contribution in [0.15, 0.2) is 17.0 Å². The van der Waals surface area contributed by atoms with Crippen molar-refractivity contribution in [3.63, 3.8) is 0 Å². The molecule has 0 saturated carbocycles. The number of thioether (sulfide) groups is 1. The van der Waals surface area contributed by atoms with Crippen LogP contribution in [0.4, 0.5) is 4.79 Å². The lowest BCUT2D eigenvalue weighted by molar-refractivity contribution is -0.148. The molecule has 1 aliphatic heterocycles. The number of hydrogen-bond acceptors (Lipinski definition) is 6. The summed E-state index contributed by atoms with van der Waals surface area (Å²) in [5.74, 6) is -0.928. The number of ether oxygens (including phenoxy) is 2. The van der Waals surface area contributed by atoms with E-state index in [4.69, 9.17) is 27.9 Å². The molecule has 0 unspecified atom stereocenters. The summed E-state index contributed by atoms with van der Waals surface area (Å²) in [4.78, 5) is 37.0. The van der Waals surface area contributed by atoms with Crippen LogP contribution in [0, 0.1) is 0 Å². The zero-order valence-corrected chi connectivity index (χ0v) is 15.3. The maximum Gasteiger partial charge on any atom is 0.328 e. The predicted octanol–water partition coefficient (Wildman–Crippen LogP) is 3.60. The molecule has 0 aromatic heterocycles. The van der Waals surface area contributed by atoms with Crippen molar-refractivity contribution in [2.45, 2.75) is 13.0 Å². The van der Waals surface area contributed by atoms with Crippen LogP contribution in [0.1, 0.15) is 12.5 Å². The number of rotatable bonds is 4. The molecular weight excluding hydrogens is 377 g/mol. The van der Waals surface area contributed by atoms with Crippen LogP contribution >= 0.6 is 35.0 Å². The van der Waals surface area contributed by atoms with E-state index in [0.717, 1.165) is 16.7 Å². The molecule has 2 rings (SSSR count). The average molecular weight is 390 g/mol. The Morgan fingerprint density at radius 1 is 1.25 bits per heavy atom. The van der Waals surface area contributed by atoms with Gasteiger partial charge in [0.15, 0.2) is 5.75 Å². The number of imide groups is 1. The molecular formula is C15H13Cl2NO5S. The Morgan fingerprint density at radius 2 is 1.83 bits per heavy atom. The maximum atomic E-state index is 12.4. The molecule has 0 spiro atoms. The first-order valence-corrected chi connectivity index (χ1v) is 8.25. The van der Waals surface area contributed by atoms with Gasteiger partial charge in [-0.25, -0.2) is 4.79 Å². The summed E-state index contributed by atoms with van der Waals surface area (Å²) in [5, 5.41) is 0.00618. The van der Waals surface area contributed by atoms with Crippen LogP contribution in [-0.2, 0) is 14.3 Å². The van der Waals surface area contributed by atoms with Gasteiger partial charge in [0, 0.05) is 0 Å². The van der Waals surface area contributed by atoms with Crippen molar-refractivity contribution in [2.24, 2.45) is 0 Å². The van der Waals surface area contributed by atoms with Crippen LogP contribution in [-0.4, -0.2) is 42.3 Å². The van der Waals surface area contributed by atoms with Gasteiger partial charge in [0.25, 0.3) is 11.1 Å². The molecule has 1 saturated heterocycles. The maximum absolute atomic E-state index is 12.4. The van der Waals surface area contributed by atoms with E-state index in [1.165, 1.54) is 27.2 Å². The summed E-state index contributed by atoms with van der Waals surface area (Å²) in [6.45, 7) is 1.42. The van der Waals surface area contributed by atoms with Gasteiger partial charge in [-0.3, -0.25) is 14.5 Å². The van der Waals surface area contributed by atoms with E-state index in [9.17, 15) is 14.4 Å². The van der Waals surface area contributed by atoms with Gasteiger partial charge in [-0.1, -0.05) is 23.2 Å². The molecule has 24 heavy (non-hydrogen) atoms. The Balaban J connectivity index is 2.34. The lowest BCUT2D eigenvalue weighted by Crippen LogP contribution is -2.42. The summed E-state index contributed by atoms with van der Waals surface area (Å²) in [6.07, 6.45) is 1.48. The fraction of sp³-hybridized carbons (Fsp3) is 0.267. The fourth-order valence-electron chi connectivity index (χ4n) is 2.10. The largest absolute Gasteiger partial charge is 0.494 e. The lowest BCUT2D eigenvalue weighted by atomic mass is 10.2. The van der Waals surface area contributed by atoms with E-state index in [1.807, 2.05) is 0 Å².